The molecule has 2 aromatic carbocycles. The molecule has 0 bridgehead atoms. The van der Waals surface area contributed by atoms with E-state index in [-0.39, 0.29) is 16.9 Å². The maximum atomic E-state index is 13.3. The van der Waals surface area contributed by atoms with Crippen LogP contribution in [0.25, 0.3) is 10.9 Å². The quantitative estimate of drug-likeness (QED) is 0.618. The number of hydrogen-bond acceptors (Lipinski definition) is 4. The minimum atomic E-state index is -1.08. The first-order valence-corrected chi connectivity index (χ1v) is 8.41. The maximum Gasteiger partial charge on any atom is 0.336 e. The highest BCUT2D eigenvalue weighted by Gasteiger charge is 2.27. The second-order valence-electron chi connectivity index (χ2n) is 6.11. The Labute approximate surface area is 158 Å². The summed E-state index contributed by atoms with van der Waals surface area (Å²) in [5, 5.41) is 20.9. The number of aromatic nitrogens is 1. The molecule has 0 fully saturated rings. The monoisotopic (exact) mass is 386 g/mol. The molecule has 0 spiro atoms. The maximum absolute atomic E-state index is 13.3. The number of nitrogens with zero attached hydrogens (tertiary/aromatic N) is 1. The summed E-state index contributed by atoms with van der Waals surface area (Å²) in [6.07, 6.45) is 1.79. The molecule has 0 radical (unpaired) electrons. The number of carboxylic acid groups (broad SMARTS) is 2. The van der Waals surface area contributed by atoms with Crippen LogP contribution in [0.4, 0.5) is 14.5 Å². The molecule has 0 saturated carbocycles. The Kier molecular flexibility index (Phi) is 5.49. The highest BCUT2D eigenvalue weighted by molar-refractivity contribution is 6.02. The zero-order chi connectivity index (χ0) is 20.3. The third-order valence-corrected chi connectivity index (χ3v) is 4.41. The van der Waals surface area contributed by atoms with Crippen LogP contribution in [0.3, 0.4) is 0 Å². The van der Waals surface area contributed by atoms with Crippen molar-refractivity contribution in [2.75, 3.05) is 11.9 Å². The Morgan fingerprint density at radius 1 is 1.04 bits per heavy atom. The van der Waals surface area contributed by atoms with Crippen molar-refractivity contribution in [2.45, 2.75) is 12.3 Å². The minimum Gasteiger partial charge on any atom is -0.481 e. The fraction of sp³-hybridized carbons (Fsp3) is 0.150. The van der Waals surface area contributed by atoms with Crippen LogP contribution in [0, 0.1) is 11.6 Å². The normalized spacial score (nSPS) is 15.0. The van der Waals surface area contributed by atoms with Gasteiger partial charge in [-0.05, 0) is 30.2 Å². The molecule has 144 valence electrons. The molecule has 1 aromatic heterocycles. The van der Waals surface area contributed by atoms with Gasteiger partial charge in [0.25, 0.3) is 0 Å². The number of nitrogens with one attached hydrogen (secondary N) is 1. The number of para-hydroxylation sites is 2. The molecule has 0 saturated heterocycles. The largest absolute Gasteiger partial charge is 0.481 e. The molecule has 1 atom stereocenters. The third kappa shape index (κ3) is 3.75. The lowest BCUT2D eigenvalue weighted by Crippen LogP contribution is -2.23. The van der Waals surface area contributed by atoms with Crippen molar-refractivity contribution >= 4 is 28.5 Å². The topological polar surface area (TPSA) is 99.5 Å². The van der Waals surface area contributed by atoms with E-state index in [1.807, 2.05) is 0 Å². The van der Waals surface area contributed by atoms with Crippen LogP contribution >= 0.6 is 0 Å². The fourth-order valence-electron chi connectivity index (χ4n) is 3.10. The lowest BCUT2D eigenvalue weighted by atomic mass is 9.91. The summed E-state index contributed by atoms with van der Waals surface area (Å²) >= 11 is 0. The van der Waals surface area contributed by atoms with E-state index in [1.165, 1.54) is 42.6 Å². The summed E-state index contributed by atoms with van der Waals surface area (Å²) in [5.74, 6) is -3.44. The molecule has 4 rings (SSSR count). The molecule has 1 aliphatic heterocycles. The van der Waals surface area contributed by atoms with E-state index in [1.54, 1.807) is 6.07 Å². The molecule has 3 N–H and O–H groups in total. The van der Waals surface area contributed by atoms with E-state index >= 15 is 0 Å². The predicted molar refractivity (Wildman–Crippen MR) is 98.5 cm³/mol. The third-order valence-electron chi connectivity index (χ3n) is 4.41. The van der Waals surface area contributed by atoms with Crippen molar-refractivity contribution in [3.8, 4) is 0 Å². The Hall–Kier alpha value is -3.55. The summed E-state index contributed by atoms with van der Waals surface area (Å²) < 4.78 is 26.4. The predicted octanol–water partition coefficient (Wildman–Crippen LogP) is 3.88. The van der Waals surface area contributed by atoms with Gasteiger partial charge < -0.3 is 15.5 Å². The van der Waals surface area contributed by atoms with Crippen molar-refractivity contribution in [3.05, 3.63) is 71.4 Å². The first kappa shape index (κ1) is 19.2. The first-order chi connectivity index (χ1) is 13.4. The van der Waals surface area contributed by atoms with E-state index in [9.17, 15) is 18.4 Å². The molecule has 2 heterocycles. The van der Waals surface area contributed by atoms with Crippen LogP contribution in [0.5, 0.6) is 0 Å². The smallest absolute Gasteiger partial charge is 0.336 e. The summed E-state index contributed by atoms with van der Waals surface area (Å²) in [6.45, 7) is 0.505. The van der Waals surface area contributed by atoms with Crippen molar-refractivity contribution < 1.29 is 28.6 Å². The number of benzene rings is 2. The average Bonchev–Trinajstić information content (AvgIpc) is 2.68. The van der Waals surface area contributed by atoms with Crippen LogP contribution in [0.2, 0.25) is 0 Å². The molecule has 1 aliphatic rings. The Morgan fingerprint density at radius 2 is 1.75 bits per heavy atom. The number of halogens is 2. The fourth-order valence-corrected chi connectivity index (χ4v) is 3.10. The van der Waals surface area contributed by atoms with Crippen molar-refractivity contribution in [2.24, 2.45) is 0 Å². The van der Waals surface area contributed by atoms with Crippen LogP contribution in [0.1, 0.15) is 28.3 Å². The van der Waals surface area contributed by atoms with Gasteiger partial charge in [0.15, 0.2) is 0 Å². The van der Waals surface area contributed by atoms with E-state index in [0.717, 1.165) is 0 Å². The summed E-state index contributed by atoms with van der Waals surface area (Å²) in [6, 6.07) is 10.1. The van der Waals surface area contributed by atoms with Gasteiger partial charge in [0, 0.05) is 18.1 Å². The number of anilines is 1. The average molecular weight is 386 g/mol. The lowest BCUT2D eigenvalue weighted by Gasteiger charge is -2.23. The zero-order valence-electron chi connectivity index (χ0n) is 14.5. The molecule has 6 nitrogen and oxygen atoms in total. The van der Waals surface area contributed by atoms with Crippen molar-refractivity contribution in [1.29, 1.82) is 0 Å². The molecule has 1 unspecified atom stereocenters. The SMILES string of the molecule is O=C(O)C1CCNc2c(F)cccc21.O=C(O)c1ccnc2c(F)cccc12. The summed E-state index contributed by atoms with van der Waals surface area (Å²) in [5.41, 5.74) is 1.04. The lowest BCUT2D eigenvalue weighted by molar-refractivity contribution is -0.138. The Bertz CT molecular complexity index is 1060. The van der Waals surface area contributed by atoms with Gasteiger partial charge in [-0.2, -0.15) is 0 Å². The Morgan fingerprint density at radius 3 is 2.46 bits per heavy atom. The molecule has 28 heavy (non-hydrogen) atoms. The zero-order valence-corrected chi connectivity index (χ0v) is 14.5. The number of hydrogen-bond donors (Lipinski definition) is 3. The van der Waals surface area contributed by atoms with Gasteiger partial charge in [0.05, 0.1) is 17.2 Å². The first-order valence-electron chi connectivity index (χ1n) is 8.41. The molecular weight excluding hydrogens is 370 g/mol. The van der Waals surface area contributed by atoms with Gasteiger partial charge in [-0.3, -0.25) is 9.78 Å². The highest BCUT2D eigenvalue weighted by atomic mass is 19.1. The standard InChI is InChI=1S/C10H10FNO2.C10H6FNO2/c2*11-8-3-1-2-6-7(10(13)14)4-5-12-9(6)8/h1-3,7,12H,4-5H2,(H,13,14);1-5H,(H,13,14). The number of rotatable bonds is 2. The molecule has 0 amide bonds. The minimum absolute atomic E-state index is 0.0644. The van der Waals surface area contributed by atoms with E-state index in [2.05, 4.69) is 10.3 Å². The molecule has 3 aromatic rings. The second-order valence-corrected chi connectivity index (χ2v) is 6.11. The van der Waals surface area contributed by atoms with Crippen LogP contribution in [0.15, 0.2) is 48.7 Å². The number of aromatic carboxylic acids is 1. The van der Waals surface area contributed by atoms with Crippen molar-refractivity contribution in [1.82, 2.24) is 4.98 Å². The Balaban J connectivity index is 0.000000161. The number of aliphatic carboxylic acids is 1. The highest BCUT2D eigenvalue weighted by Crippen LogP contribution is 2.33. The number of fused-ring (bicyclic) bond motifs is 2. The van der Waals surface area contributed by atoms with E-state index in [4.69, 9.17) is 10.2 Å². The summed E-state index contributed by atoms with van der Waals surface area (Å²) in [4.78, 5) is 25.4. The summed E-state index contributed by atoms with van der Waals surface area (Å²) in [7, 11) is 0. The van der Waals surface area contributed by atoms with Crippen LogP contribution in [-0.2, 0) is 4.79 Å². The van der Waals surface area contributed by atoms with E-state index in [0.29, 0.717) is 29.6 Å². The molecule has 8 heteroatoms. The van der Waals surface area contributed by atoms with Gasteiger partial charge in [-0.15, -0.1) is 0 Å². The molecule has 0 aliphatic carbocycles. The van der Waals surface area contributed by atoms with Gasteiger partial charge in [-0.1, -0.05) is 24.3 Å². The van der Waals surface area contributed by atoms with Gasteiger partial charge in [-0.25, -0.2) is 13.6 Å². The van der Waals surface area contributed by atoms with E-state index < -0.39 is 23.7 Å². The van der Waals surface area contributed by atoms with Gasteiger partial charge >= 0.3 is 11.9 Å². The van der Waals surface area contributed by atoms with Gasteiger partial charge in [0.2, 0.25) is 0 Å². The number of carboxylic acids is 2. The van der Waals surface area contributed by atoms with Crippen LogP contribution in [-0.4, -0.2) is 33.7 Å². The van der Waals surface area contributed by atoms with Crippen molar-refractivity contribution in [3.63, 3.8) is 0 Å². The molecular formula is C20H16F2N2O4. The van der Waals surface area contributed by atoms with Crippen LogP contribution < -0.4 is 5.32 Å². The van der Waals surface area contributed by atoms with Gasteiger partial charge in [0.1, 0.15) is 17.2 Å². The number of pyridine rings is 1. The number of carbonyl (C=O) groups is 2. The second kappa shape index (κ2) is 7.99.